The molecule has 2 heterocycles. The third-order valence-electron chi connectivity index (χ3n) is 17.7. The van der Waals surface area contributed by atoms with Gasteiger partial charge in [-0.25, -0.2) is 9.59 Å². The molecule has 16 nitrogen and oxygen atoms in total. The number of aryl methyl sites for hydroxylation is 6. The molecule has 94 heavy (non-hydrogen) atoms. The van der Waals surface area contributed by atoms with Crippen LogP contribution in [0.25, 0.3) is 0 Å². The number of esters is 2. The van der Waals surface area contributed by atoms with Crippen LogP contribution in [-0.4, -0.2) is 114 Å². The van der Waals surface area contributed by atoms with E-state index in [0.29, 0.717) is 66.8 Å². The minimum atomic E-state index is -1.25. The average molecular weight is 1310 g/mol. The summed E-state index contributed by atoms with van der Waals surface area (Å²) in [5, 5.41) is 81.7. The standard InChI is InChI=1S/C76H82N4O12S2/c1-43-19-51-33-55-23-45(3)27-59(69(55)83)37-79-39-61-29-47(5)25-57(71(61)85)35-53-21-44(2)22-54(68(53)82)36-58-26-48(6)30-62(72(58)86)40-80(38-60-28-46(4)24-56(70(60)84)34-52(20-43)67(51)81)66(32-50-17-13-10-14-18-50)74(88)78-64(76(90)92-8)42-94-93-41-63(75(89)91-7)77-73(87)65(79)31-49-15-11-9-12-16-49/h9-30,63-66,81-86H,31-42H2,1-8H3,(H,77,87)(H,78,88)/t63-,64-,65-,66-/m1/s1. The summed E-state index contributed by atoms with van der Waals surface area (Å²) in [7, 11) is 4.80. The Kier molecular flexibility index (Phi) is 21.7. The highest BCUT2D eigenvalue weighted by molar-refractivity contribution is 8.76. The van der Waals surface area contributed by atoms with Gasteiger partial charge < -0.3 is 50.7 Å². The molecule has 0 spiro atoms. The van der Waals surface area contributed by atoms with Crippen molar-refractivity contribution in [2.45, 2.75) is 130 Å². The van der Waals surface area contributed by atoms with Crippen molar-refractivity contribution in [1.29, 1.82) is 0 Å². The summed E-state index contributed by atoms with van der Waals surface area (Å²) in [5.74, 6) is -3.11. The molecule has 4 atom stereocenters. The van der Waals surface area contributed by atoms with Crippen molar-refractivity contribution in [3.63, 3.8) is 0 Å². The number of aromatic hydroxyl groups is 6. The van der Waals surface area contributed by atoms with Gasteiger partial charge in [0.25, 0.3) is 0 Å². The Morgan fingerprint density at radius 3 is 0.851 bits per heavy atom. The third kappa shape index (κ3) is 16.2. The first kappa shape index (κ1) is 67.9. The zero-order valence-corrected chi connectivity index (χ0v) is 56.0. The van der Waals surface area contributed by atoms with Crippen LogP contribution < -0.4 is 10.6 Å². The van der Waals surface area contributed by atoms with Gasteiger partial charge in [-0.2, -0.15) is 0 Å². The molecule has 0 aliphatic carbocycles. The summed E-state index contributed by atoms with van der Waals surface area (Å²) in [6.07, 6.45) is 0.514. The first-order valence-electron chi connectivity index (χ1n) is 31.5. The van der Waals surface area contributed by atoms with Gasteiger partial charge in [0, 0.05) is 85.6 Å². The number of phenols is 6. The van der Waals surface area contributed by atoms with E-state index in [9.17, 15) is 40.2 Å². The maximum Gasteiger partial charge on any atom is 0.329 e. The van der Waals surface area contributed by atoms with Crippen LogP contribution in [0.15, 0.2) is 133 Å². The van der Waals surface area contributed by atoms with Crippen molar-refractivity contribution in [3.8, 4) is 34.5 Å². The van der Waals surface area contributed by atoms with Gasteiger partial charge in [0.05, 0.1) is 26.3 Å². The maximum atomic E-state index is 15.6. The second-order valence-corrected chi connectivity index (χ2v) is 27.8. The van der Waals surface area contributed by atoms with Crippen molar-refractivity contribution in [2.24, 2.45) is 0 Å². The molecule has 0 radical (unpaired) electrons. The summed E-state index contributed by atoms with van der Waals surface area (Å²) < 4.78 is 10.7. The molecule has 10 rings (SSSR count). The van der Waals surface area contributed by atoms with Crippen molar-refractivity contribution >= 4 is 45.3 Å². The number of carbonyl (C=O) groups excluding carboxylic acids is 4. The lowest BCUT2D eigenvalue weighted by molar-refractivity contribution is -0.145. The Morgan fingerprint density at radius 2 is 0.617 bits per heavy atom. The molecule has 0 fully saturated rings. The molecule has 8 aromatic carbocycles. The third-order valence-corrected chi connectivity index (χ3v) is 20.1. The van der Waals surface area contributed by atoms with E-state index in [1.54, 1.807) is 0 Å². The van der Waals surface area contributed by atoms with Gasteiger partial charge in [0.1, 0.15) is 46.6 Å². The largest absolute Gasteiger partial charge is 0.507 e. The van der Waals surface area contributed by atoms with Crippen LogP contribution >= 0.6 is 21.6 Å². The molecule has 8 aromatic rings. The van der Waals surface area contributed by atoms with Crippen LogP contribution in [-0.2, 0) is 93.4 Å². The molecule has 490 valence electrons. The van der Waals surface area contributed by atoms with E-state index in [4.69, 9.17) is 9.47 Å². The van der Waals surface area contributed by atoms with E-state index >= 15 is 9.59 Å². The lowest BCUT2D eigenvalue weighted by atomic mass is 9.91. The highest BCUT2D eigenvalue weighted by Crippen LogP contribution is 2.40. The number of rotatable bonds is 6. The zero-order valence-electron chi connectivity index (χ0n) is 54.3. The van der Waals surface area contributed by atoms with Crippen molar-refractivity contribution in [1.82, 2.24) is 20.4 Å². The van der Waals surface area contributed by atoms with Gasteiger partial charge in [0.15, 0.2) is 0 Å². The molecule has 0 aromatic heterocycles. The predicted molar refractivity (Wildman–Crippen MR) is 367 cm³/mol. The minimum absolute atomic E-state index is 0.0359. The Hall–Kier alpha value is -8.94. The van der Waals surface area contributed by atoms with Crippen molar-refractivity contribution in [3.05, 3.63) is 245 Å². The van der Waals surface area contributed by atoms with Crippen LogP contribution in [0.5, 0.6) is 34.5 Å². The summed E-state index contributed by atoms with van der Waals surface area (Å²) in [4.78, 5) is 62.9. The fraction of sp³-hybridized carbons (Fsp3) is 0.316. The lowest BCUT2D eigenvalue weighted by Crippen LogP contribution is -2.53. The van der Waals surface area contributed by atoms with Crippen LogP contribution in [0, 0.1) is 41.5 Å². The number of methoxy groups -OCH3 is 2. The summed E-state index contributed by atoms with van der Waals surface area (Å²) in [6.45, 7) is 11.2. The zero-order chi connectivity index (χ0) is 67.1. The second kappa shape index (κ2) is 30.0. The first-order valence-corrected chi connectivity index (χ1v) is 34.0. The smallest absolute Gasteiger partial charge is 0.329 e. The Balaban J connectivity index is 1.24. The van der Waals surface area contributed by atoms with Crippen LogP contribution in [0.1, 0.15) is 111 Å². The van der Waals surface area contributed by atoms with E-state index < -0.39 is 47.9 Å². The highest BCUT2D eigenvalue weighted by Gasteiger charge is 2.36. The SMILES string of the molecule is COC(=O)[C@H]1CSSC[C@H](C(=O)OC)NC(=O)[C@@H](Cc2ccccc2)N2Cc3cc(C)cc(c3O)Cc3cc(C)cc(c3O)Cc3cc(C)cc(c3O)CN(Cc3cc(C)cc(c3O)Cc3cc(C)cc(c3O)Cc3cc(C)cc(c3O)C2)[C@H](Cc2ccccc2)C(=O)N1. The van der Waals surface area contributed by atoms with E-state index in [1.165, 1.54) is 35.8 Å². The molecule has 0 unspecified atom stereocenters. The van der Waals surface area contributed by atoms with Gasteiger partial charge in [-0.1, -0.05) is 188 Å². The monoisotopic (exact) mass is 1310 g/mol. The quantitative estimate of drug-likeness (QED) is 0.0571. The van der Waals surface area contributed by atoms with Gasteiger partial charge in [-0.05, 0) is 110 Å². The molecule has 0 saturated heterocycles. The molecule has 18 heteroatoms. The van der Waals surface area contributed by atoms with Crippen LogP contribution in [0.3, 0.4) is 0 Å². The number of nitrogens with one attached hydrogen (secondary N) is 2. The highest BCUT2D eigenvalue weighted by atomic mass is 33.1. The van der Waals surface area contributed by atoms with Crippen molar-refractivity contribution < 1.29 is 59.3 Å². The lowest BCUT2D eigenvalue weighted by Gasteiger charge is -2.33. The number of carbonyl (C=O) groups is 4. The normalized spacial score (nSPS) is 19.2. The number of phenolic OH excluding ortho intramolecular Hbond substituents is 6. The fourth-order valence-electron chi connectivity index (χ4n) is 13.3. The number of hydrogen-bond donors (Lipinski definition) is 8. The fourth-order valence-corrected chi connectivity index (χ4v) is 15.6. The van der Waals surface area contributed by atoms with Gasteiger partial charge in [-0.15, -0.1) is 0 Å². The number of benzene rings is 8. The summed E-state index contributed by atoms with van der Waals surface area (Å²) >= 11 is 0. The Morgan fingerprint density at radius 1 is 0.394 bits per heavy atom. The van der Waals surface area contributed by atoms with E-state index in [-0.39, 0.29) is 111 Å². The number of fused-ring (bicyclic) bond motifs is 25. The molecule has 14 bridgehead atoms. The van der Waals surface area contributed by atoms with E-state index in [0.717, 1.165) is 44.5 Å². The number of hydrogen-bond acceptors (Lipinski definition) is 16. The number of amides is 2. The van der Waals surface area contributed by atoms with Gasteiger partial charge >= 0.3 is 11.9 Å². The minimum Gasteiger partial charge on any atom is -0.507 e. The molecule has 8 N–H and O–H groups in total. The van der Waals surface area contributed by atoms with E-state index in [1.807, 2.05) is 185 Å². The topological polar surface area (TPSA) is 239 Å². The second-order valence-electron chi connectivity index (χ2n) is 25.3. The first-order chi connectivity index (χ1) is 45.0. The van der Waals surface area contributed by atoms with Crippen molar-refractivity contribution in [2.75, 3.05) is 25.7 Å². The molecular formula is C76H82N4O12S2. The Labute approximate surface area is 557 Å². The van der Waals surface area contributed by atoms with Gasteiger partial charge in [-0.3, -0.25) is 19.4 Å². The summed E-state index contributed by atoms with van der Waals surface area (Å²) in [6, 6.07) is 36.3. The summed E-state index contributed by atoms with van der Waals surface area (Å²) in [5.41, 5.74) is 12.1. The maximum absolute atomic E-state index is 15.6. The van der Waals surface area contributed by atoms with Crippen LogP contribution in [0.2, 0.25) is 0 Å². The number of ether oxygens (including phenoxy) is 2. The van der Waals surface area contributed by atoms with Gasteiger partial charge in [0.2, 0.25) is 11.8 Å². The van der Waals surface area contributed by atoms with Crippen LogP contribution in [0.4, 0.5) is 0 Å². The molecule has 2 aliphatic heterocycles. The number of nitrogens with zero attached hydrogens (tertiary/aromatic N) is 2. The Bertz CT molecular complexity index is 3710. The molecular weight excluding hydrogens is 1220 g/mol. The van der Waals surface area contributed by atoms with E-state index in [2.05, 4.69) is 10.6 Å². The predicted octanol–water partition coefficient (Wildman–Crippen LogP) is 11.4. The molecule has 2 amide bonds. The average Bonchev–Trinajstić information content (AvgIpc) is 0.810. The molecule has 0 saturated carbocycles. The molecule has 2 aliphatic rings.